The third kappa shape index (κ3) is 6.79. The van der Waals surface area contributed by atoms with E-state index in [1.807, 2.05) is 24.3 Å². The number of aryl methyl sites for hydroxylation is 1. The third-order valence-corrected chi connectivity index (χ3v) is 8.81. The van der Waals surface area contributed by atoms with Gasteiger partial charge in [0, 0.05) is 42.1 Å². The largest absolute Gasteiger partial charge is 0.418 e. The lowest BCUT2D eigenvalue weighted by Crippen LogP contribution is -2.21. The van der Waals surface area contributed by atoms with Crippen molar-refractivity contribution in [1.82, 2.24) is 4.57 Å². The predicted octanol–water partition coefficient (Wildman–Crippen LogP) is 4.32. The highest BCUT2D eigenvalue weighted by Crippen LogP contribution is 2.26. The molecule has 0 amide bonds. The molecule has 3 nitrogen and oxygen atoms in total. The van der Waals surface area contributed by atoms with E-state index in [9.17, 15) is 0 Å². The van der Waals surface area contributed by atoms with Gasteiger partial charge in [0.05, 0.1) is 0 Å². The Bertz CT molecular complexity index is 1030. The minimum atomic E-state index is -0.786. The maximum atomic E-state index is 6.20. The van der Waals surface area contributed by atoms with Gasteiger partial charge in [0.2, 0.25) is 0 Å². The molecule has 0 unspecified atom stereocenters. The Labute approximate surface area is 209 Å². The van der Waals surface area contributed by atoms with Gasteiger partial charge in [-0.2, -0.15) is 0 Å². The van der Waals surface area contributed by atoms with Crippen LogP contribution < -0.4 is 10.4 Å². The molecule has 34 heavy (non-hydrogen) atoms. The number of hydrogen-bond acceptors (Lipinski definition) is 2. The second kappa shape index (κ2) is 13.4. The van der Waals surface area contributed by atoms with Crippen molar-refractivity contribution in [3.05, 3.63) is 87.0 Å². The summed E-state index contributed by atoms with van der Waals surface area (Å²) in [6.07, 6.45) is 11.8. The van der Waals surface area contributed by atoms with Crippen molar-refractivity contribution in [3.8, 4) is 0 Å². The molecule has 3 aromatic rings. The molecule has 0 fully saturated rings. The van der Waals surface area contributed by atoms with E-state index in [2.05, 4.69) is 74.3 Å². The Morgan fingerprint density at radius 2 is 1.09 bits per heavy atom. The van der Waals surface area contributed by atoms with Crippen LogP contribution in [0.1, 0.15) is 25.7 Å². The predicted molar refractivity (Wildman–Crippen MR) is 155 cm³/mol. The van der Waals surface area contributed by atoms with E-state index >= 15 is 0 Å². The lowest BCUT2D eigenvalue weighted by Gasteiger charge is -2.13. The molecule has 2 aromatic carbocycles. The number of rotatable bonds is 16. The average Bonchev–Trinajstić information content (AvgIpc) is 3.11. The maximum absolute atomic E-state index is 6.20. The Kier molecular flexibility index (Phi) is 10.3. The van der Waals surface area contributed by atoms with Crippen LogP contribution in [0, 0.1) is 11.8 Å². The lowest BCUT2D eigenvalue weighted by atomic mass is 10.0. The minimum absolute atomic E-state index is 0.480. The molecule has 1 aromatic heterocycles. The van der Waals surface area contributed by atoms with Crippen molar-refractivity contribution < 1.29 is 8.85 Å². The highest BCUT2D eigenvalue weighted by molar-refractivity contribution is 6.48. The van der Waals surface area contributed by atoms with Crippen LogP contribution in [0.25, 0.3) is 21.8 Å². The molecule has 3 rings (SSSR count). The van der Waals surface area contributed by atoms with Gasteiger partial charge in [0.1, 0.15) is 0 Å². The quantitative estimate of drug-likeness (QED) is 0.221. The topological polar surface area (TPSA) is 23.4 Å². The zero-order valence-electron chi connectivity index (χ0n) is 20.7. The van der Waals surface area contributed by atoms with Crippen LogP contribution in [-0.2, 0) is 15.9 Å². The number of allylic oxidation sites excluding steroid dienone is 4. The molecular weight excluding hydrogens is 450 g/mol. The van der Waals surface area contributed by atoms with Crippen LogP contribution in [0.5, 0.6) is 0 Å². The van der Waals surface area contributed by atoms with Crippen LogP contribution in [0.3, 0.4) is 0 Å². The molecule has 0 bridgehead atoms. The van der Waals surface area contributed by atoms with Gasteiger partial charge in [0.15, 0.2) is 19.5 Å². The molecule has 5 heteroatoms. The van der Waals surface area contributed by atoms with E-state index in [1.165, 1.54) is 32.2 Å². The first-order valence-electron chi connectivity index (χ1n) is 12.2. The summed E-state index contributed by atoms with van der Waals surface area (Å²) in [6.45, 7) is 17.0. The molecule has 0 aliphatic carbocycles. The lowest BCUT2D eigenvalue weighted by molar-refractivity contribution is 0.266. The third-order valence-electron chi connectivity index (χ3n) is 6.38. The fraction of sp³-hybridized carbons (Fsp3) is 0.310. The SMILES string of the molecule is C=CCC(CC=C)CO[SiH2]c1ccc2c(c1)c1cc([SiH2]OCC(CC=C)CC=C)ccc1n2C. The first-order chi connectivity index (χ1) is 16.6. The number of benzene rings is 2. The smallest absolute Gasteiger partial charge is 0.192 e. The molecule has 1 heterocycles. The van der Waals surface area contributed by atoms with Crippen LogP contribution in [0.15, 0.2) is 87.0 Å². The van der Waals surface area contributed by atoms with Crippen molar-refractivity contribution in [3.63, 3.8) is 0 Å². The number of fused-ring (bicyclic) bond motifs is 3. The molecule has 0 aliphatic heterocycles. The van der Waals surface area contributed by atoms with E-state index in [4.69, 9.17) is 8.85 Å². The molecule has 0 saturated heterocycles. The van der Waals surface area contributed by atoms with Crippen LogP contribution >= 0.6 is 0 Å². The van der Waals surface area contributed by atoms with Gasteiger partial charge in [-0.15, -0.1) is 26.3 Å². The molecule has 0 atom stereocenters. The molecule has 0 N–H and O–H groups in total. The van der Waals surface area contributed by atoms with Crippen LogP contribution in [0.2, 0.25) is 0 Å². The number of hydrogen-bond donors (Lipinski definition) is 0. The van der Waals surface area contributed by atoms with Crippen molar-refractivity contribution in [1.29, 1.82) is 0 Å². The monoisotopic (exact) mass is 489 g/mol. The summed E-state index contributed by atoms with van der Waals surface area (Å²) in [6, 6.07) is 13.7. The van der Waals surface area contributed by atoms with E-state index in [0.29, 0.717) is 11.8 Å². The Balaban J connectivity index is 1.73. The minimum Gasteiger partial charge on any atom is -0.418 e. The second-order valence-corrected chi connectivity index (χ2v) is 12.1. The summed E-state index contributed by atoms with van der Waals surface area (Å²) in [5, 5.41) is 5.30. The fourth-order valence-electron chi connectivity index (χ4n) is 4.59. The Morgan fingerprint density at radius 1 is 0.706 bits per heavy atom. The van der Waals surface area contributed by atoms with Gasteiger partial charge >= 0.3 is 0 Å². The van der Waals surface area contributed by atoms with Gasteiger partial charge in [-0.05, 0) is 60.0 Å². The standard InChI is InChI=1S/C29H39NO2Si2/c1-6-10-22(11-7-2)20-31-33-24-14-16-28-26(18-24)27-19-25(15-17-29(27)30(28)5)34-32-21-23(12-8-3)13-9-4/h6-9,14-19,22-23H,1-4,10-13,20-21,33-34H2,5H3. The summed E-state index contributed by atoms with van der Waals surface area (Å²) in [7, 11) is 0.577. The van der Waals surface area contributed by atoms with Crippen LogP contribution in [0.4, 0.5) is 0 Å². The van der Waals surface area contributed by atoms with E-state index in [1.54, 1.807) is 0 Å². The molecule has 180 valence electrons. The summed E-state index contributed by atoms with van der Waals surface area (Å²) in [5.41, 5.74) is 2.53. The van der Waals surface area contributed by atoms with Crippen LogP contribution in [-0.4, -0.2) is 37.3 Å². The summed E-state index contributed by atoms with van der Waals surface area (Å²) >= 11 is 0. The van der Waals surface area contributed by atoms with Crippen molar-refractivity contribution >= 4 is 51.7 Å². The number of aromatic nitrogens is 1. The molecule has 0 aliphatic rings. The fourth-order valence-corrected chi connectivity index (χ4v) is 6.96. The summed E-state index contributed by atoms with van der Waals surface area (Å²) in [5.74, 6) is 0.961. The molecule has 0 radical (unpaired) electrons. The van der Waals surface area contributed by atoms with Gasteiger partial charge in [-0.25, -0.2) is 0 Å². The van der Waals surface area contributed by atoms with Gasteiger partial charge in [-0.1, -0.05) is 48.6 Å². The summed E-state index contributed by atoms with van der Waals surface area (Å²) in [4.78, 5) is 0. The van der Waals surface area contributed by atoms with Crippen molar-refractivity contribution in [2.45, 2.75) is 25.7 Å². The zero-order valence-corrected chi connectivity index (χ0v) is 23.5. The zero-order chi connectivity index (χ0) is 24.3. The average molecular weight is 490 g/mol. The normalized spacial score (nSPS) is 12.2. The molecular formula is C29H39NO2Si2. The van der Waals surface area contributed by atoms with Gasteiger partial charge in [0.25, 0.3) is 0 Å². The van der Waals surface area contributed by atoms with Gasteiger partial charge in [-0.3, -0.25) is 0 Å². The van der Waals surface area contributed by atoms with E-state index in [-0.39, 0.29) is 0 Å². The second-order valence-electron chi connectivity index (χ2n) is 9.12. The van der Waals surface area contributed by atoms with Crippen molar-refractivity contribution in [2.75, 3.05) is 13.2 Å². The Hall–Kier alpha value is -2.45. The highest BCUT2D eigenvalue weighted by atomic mass is 28.2. The highest BCUT2D eigenvalue weighted by Gasteiger charge is 2.12. The molecule has 0 spiro atoms. The maximum Gasteiger partial charge on any atom is 0.192 e. The van der Waals surface area contributed by atoms with Gasteiger partial charge < -0.3 is 13.4 Å². The van der Waals surface area contributed by atoms with E-state index < -0.39 is 19.5 Å². The molecule has 0 saturated carbocycles. The number of nitrogens with zero attached hydrogens (tertiary/aromatic N) is 1. The van der Waals surface area contributed by atoms with E-state index in [0.717, 1.165) is 38.9 Å². The first kappa shape index (κ1) is 26.2. The summed E-state index contributed by atoms with van der Waals surface area (Å²) < 4.78 is 14.7. The Morgan fingerprint density at radius 3 is 1.44 bits per heavy atom. The van der Waals surface area contributed by atoms with Crippen molar-refractivity contribution in [2.24, 2.45) is 18.9 Å². The first-order valence-corrected chi connectivity index (χ1v) is 14.8.